The molecule has 41 heavy (non-hydrogen) atoms. The fraction of sp³-hybridized carbons (Fsp3) is 0.355. The summed E-state index contributed by atoms with van der Waals surface area (Å²) in [4.78, 5) is 28.9. The lowest BCUT2D eigenvalue weighted by Crippen LogP contribution is -2.52. The largest absolute Gasteiger partial charge is 0.497 e. The molecular formula is C31H36BrN3O5S. The molecule has 1 N–H and O–H groups in total. The number of nitrogens with zero attached hydrogens (tertiary/aromatic N) is 2. The van der Waals surface area contributed by atoms with Gasteiger partial charge in [0.25, 0.3) is 10.0 Å². The number of hydrogen-bond donors (Lipinski definition) is 1. The minimum Gasteiger partial charge on any atom is -0.497 e. The van der Waals surface area contributed by atoms with Gasteiger partial charge >= 0.3 is 0 Å². The molecule has 1 atom stereocenters. The van der Waals surface area contributed by atoms with Gasteiger partial charge < -0.3 is 15.0 Å². The van der Waals surface area contributed by atoms with Crippen molar-refractivity contribution in [3.05, 3.63) is 88.4 Å². The SMILES string of the molecule is COc1ccc(CN(C(=O)CN(c2cccc(Br)c2)S(=O)(=O)c2ccc(C)cc2)C(C)C(=O)NC2CCCC2)cc1. The first kappa shape index (κ1) is 30.6. The van der Waals surface area contributed by atoms with Crippen LogP contribution in [0, 0.1) is 6.92 Å². The number of amides is 2. The zero-order valence-electron chi connectivity index (χ0n) is 23.5. The van der Waals surface area contributed by atoms with Gasteiger partial charge in [0.1, 0.15) is 18.3 Å². The van der Waals surface area contributed by atoms with Crippen molar-refractivity contribution >= 4 is 43.5 Å². The molecule has 1 unspecified atom stereocenters. The highest BCUT2D eigenvalue weighted by molar-refractivity contribution is 9.10. The van der Waals surface area contributed by atoms with Crippen LogP contribution in [0.25, 0.3) is 0 Å². The first-order chi connectivity index (χ1) is 19.6. The summed E-state index contributed by atoms with van der Waals surface area (Å²) < 4.78 is 34.9. The van der Waals surface area contributed by atoms with Crippen molar-refractivity contribution in [1.82, 2.24) is 10.2 Å². The summed E-state index contributed by atoms with van der Waals surface area (Å²) in [5.41, 5.74) is 2.04. The maximum atomic E-state index is 14.1. The lowest BCUT2D eigenvalue weighted by molar-refractivity contribution is -0.139. The van der Waals surface area contributed by atoms with Gasteiger partial charge in [0.05, 0.1) is 17.7 Å². The molecule has 8 nitrogen and oxygen atoms in total. The van der Waals surface area contributed by atoms with E-state index in [1.165, 1.54) is 17.0 Å². The van der Waals surface area contributed by atoms with E-state index >= 15 is 0 Å². The third-order valence-electron chi connectivity index (χ3n) is 7.36. The number of carbonyl (C=O) groups is 2. The van der Waals surface area contributed by atoms with Crippen molar-refractivity contribution in [2.45, 2.75) is 63.1 Å². The molecule has 0 spiro atoms. The average molecular weight is 643 g/mol. The standard InChI is InChI=1S/C31H36BrN3O5S/c1-22-11-17-29(18-12-22)41(38,39)35(27-10-6-7-25(32)19-27)21-30(36)34(20-24-13-15-28(40-3)16-14-24)23(2)31(37)33-26-8-4-5-9-26/h6-7,10-19,23,26H,4-5,8-9,20-21H2,1-3H3,(H,33,37). The molecule has 1 aliphatic rings. The number of ether oxygens (including phenoxy) is 1. The highest BCUT2D eigenvalue weighted by Gasteiger charge is 2.33. The Morgan fingerprint density at radius 1 is 1.02 bits per heavy atom. The minimum atomic E-state index is -4.11. The number of methoxy groups -OCH3 is 1. The first-order valence-electron chi connectivity index (χ1n) is 13.7. The van der Waals surface area contributed by atoms with E-state index in [2.05, 4.69) is 21.2 Å². The lowest BCUT2D eigenvalue weighted by Gasteiger charge is -2.32. The summed E-state index contributed by atoms with van der Waals surface area (Å²) in [5, 5.41) is 3.08. The molecule has 218 valence electrons. The van der Waals surface area contributed by atoms with Crippen LogP contribution in [0.4, 0.5) is 5.69 Å². The predicted octanol–water partition coefficient (Wildman–Crippen LogP) is 5.44. The van der Waals surface area contributed by atoms with Crippen LogP contribution in [0.5, 0.6) is 5.75 Å². The van der Waals surface area contributed by atoms with Crippen molar-refractivity contribution in [2.75, 3.05) is 18.0 Å². The Kier molecular flexibility index (Phi) is 10.1. The second-order valence-electron chi connectivity index (χ2n) is 10.3. The number of carbonyl (C=O) groups excluding carboxylic acids is 2. The number of nitrogens with one attached hydrogen (secondary N) is 1. The maximum absolute atomic E-state index is 14.1. The fourth-order valence-electron chi connectivity index (χ4n) is 4.90. The Hall–Kier alpha value is -3.37. The van der Waals surface area contributed by atoms with Gasteiger partial charge in [-0.2, -0.15) is 0 Å². The Morgan fingerprint density at radius 2 is 1.68 bits per heavy atom. The second kappa shape index (κ2) is 13.5. The van der Waals surface area contributed by atoms with Gasteiger partial charge in [-0.3, -0.25) is 13.9 Å². The van der Waals surface area contributed by atoms with Crippen LogP contribution in [0.15, 0.2) is 82.2 Å². The molecule has 0 saturated heterocycles. The third kappa shape index (κ3) is 7.68. The summed E-state index contributed by atoms with van der Waals surface area (Å²) in [6, 6.07) is 19.8. The molecule has 0 aromatic heterocycles. The van der Waals surface area contributed by atoms with Crippen LogP contribution in [0.2, 0.25) is 0 Å². The first-order valence-corrected chi connectivity index (χ1v) is 15.9. The van der Waals surface area contributed by atoms with Crippen molar-refractivity contribution in [3.63, 3.8) is 0 Å². The average Bonchev–Trinajstić information content (AvgIpc) is 3.47. The molecule has 0 aliphatic heterocycles. The quantitative estimate of drug-likeness (QED) is 0.301. The van der Waals surface area contributed by atoms with Crippen molar-refractivity contribution in [1.29, 1.82) is 0 Å². The highest BCUT2D eigenvalue weighted by Crippen LogP contribution is 2.27. The topological polar surface area (TPSA) is 96.0 Å². The van der Waals surface area contributed by atoms with Crippen LogP contribution in [0.1, 0.15) is 43.7 Å². The van der Waals surface area contributed by atoms with Gasteiger partial charge in [-0.25, -0.2) is 8.42 Å². The van der Waals surface area contributed by atoms with Crippen molar-refractivity contribution in [3.8, 4) is 5.75 Å². The van der Waals surface area contributed by atoms with Gasteiger partial charge in [-0.15, -0.1) is 0 Å². The number of sulfonamides is 1. The number of hydrogen-bond acceptors (Lipinski definition) is 5. The smallest absolute Gasteiger partial charge is 0.264 e. The van der Waals surface area contributed by atoms with Crippen LogP contribution in [0.3, 0.4) is 0 Å². The molecule has 0 bridgehead atoms. The number of benzene rings is 3. The zero-order chi connectivity index (χ0) is 29.6. The molecule has 4 rings (SSSR count). The molecule has 10 heteroatoms. The molecule has 1 saturated carbocycles. The number of halogens is 1. The van der Waals surface area contributed by atoms with E-state index in [0.29, 0.717) is 15.9 Å². The summed E-state index contributed by atoms with van der Waals surface area (Å²) in [6.45, 7) is 3.20. The summed E-state index contributed by atoms with van der Waals surface area (Å²) >= 11 is 3.42. The van der Waals surface area contributed by atoms with E-state index in [1.807, 2.05) is 19.1 Å². The Bertz CT molecular complexity index is 1460. The van der Waals surface area contributed by atoms with Crippen LogP contribution in [-0.2, 0) is 26.2 Å². The molecule has 3 aromatic carbocycles. The molecular weight excluding hydrogens is 606 g/mol. The predicted molar refractivity (Wildman–Crippen MR) is 163 cm³/mol. The Morgan fingerprint density at radius 3 is 2.29 bits per heavy atom. The van der Waals surface area contributed by atoms with Crippen molar-refractivity contribution < 1.29 is 22.7 Å². The zero-order valence-corrected chi connectivity index (χ0v) is 25.9. The summed E-state index contributed by atoms with van der Waals surface area (Å²) in [7, 11) is -2.54. The van der Waals surface area contributed by atoms with Crippen LogP contribution in [-0.4, -0.2) is 50.9 Å². The molecule has 0 heterocycles. The Balaban J connectivity index is 1.68. The van der Waals surface area contributed by atoms with Gasteiger partial charge in [-0.1, -0.05) is 64.7 Å². The van der Waals surface area contributed by atoms with E-state index in [-0.39, 0.29) is 23.4 Å². The minimum absolute atomic E-state index is 0.0737. The molecule has 1 fully saturated rings. The number of aryl methyl sites for hydroxylation is 1. The van der Waals surface area contributed by atoms with Crippen molar-refractivity contribution in [2.24, 2.45) is 0 Å². The van der Waals surface area contributed by atoms with Gasteiger partial charge in [-0.05, 0) is 74.7 Å². The second-order valence-corrected chi connectivity index (χ2v) is 13.1. The van der Waals surface area contributed by atoms with Crippen LogP contribution < -0.4 is 14.4 Å². The third-order valence-corrected chi connectivity index (χ3v) is 9.65. The number of anilines is 1. The number of rotatable bonds is 11. The van der Waals surface area contributed by atoms with Gasteiger partial charge in [0, 0.05) is 17.1 Å². The van der Waals surface area contributed by atoms with E-state index in [0.717, 1.165) is 41.1 Å². The Labute approximate surface area is 250 Å². The molecule has 2 amide bonds. The normalized spacial score (nSPS) is 14.3. The lowest BCUT2D eigenvalue weighted by atomic mass is 10.1. The van der Waals surface area contributed by atoms with E-state index in [1.54, 1.807) is 62.6 Å². The van der Waals surface area contributed by atoms with E-state index in [9.17, 15) is 18.0 Å². The highest BCUT2D eigenvalue weighted by atomic mass is 79.9. The maximum Gasteiger partial charge on any atom is 0.264 e. The summed E-state index contributed by atoms with van der Waals surface area (Å²) in [6.07, 6.45) is 3.95. The van der Waals surface area contributed by atoms with E-state index in [4.69, 9.17) is 4.74 Å². The summed E-state index contributed by atoms with van der Waals surface area (Å²) in [5.74, 6) is -0.0802. The monoisotopic (exact) mass is 641 g/mol. The fourth-order valence-corrected chi connectivity index (χ4v) is 6.69. The van der Waals surface area contributed by atoms with Gasteiger partial charge in [0.2, 0.25) is 11.8 Å². The van der Waals surface area contributed by atoms with Gasteiger partial charge in [0.15, 0.2) is 0 Å². The molecule has 3 aromatic rings. The van der Waals surface area contributed by atoms with E-state index < -0.39 is 28.5 Å². The molecule has 0 radical (unpaired) electrons. The molecule has 1 aliphatic carbocycles. The van der Waals surface area contributed by atoms with Crippen LogP contribution >= 0.6 is 15.9 Å².